The Kier molecular flexibility index (Phi) is 6.12. The lowest BCUT2D eigenvalue weighted by atomic mass is 10.1. The molecule has 2 aromatic rings. The summed E-state index contributed by atoms with van der Waals surface area (Å²) in [5, 5.41) is 2.76. The van der Waals surface area contributed by atoms with Crippen LogP contribution in [0.2, 0.25) is 5.02 Å². The zero-order chi connectivity index (χ0) is 17.8. The maximum atomic E-state index is 12.7. The first-order valence-electron chi connectivity index (χ1n) is 8.43. The number of amides is 1. The van der Waals surface area contributed by atoms with E-state index in [2.05, 4.69) is 17.9 Å². The second kappa shape index (κ2) is 8.32. The second-order valence-electron chi connectivity index (χ2n) is 6.34. The van der Waals surface area contributed by atoms with Gasteiger partial charge in [0.2, 0.25) is 5.91 Å². The molecule has 1 amide bonds. The standard InChI is InChI=1S/C19H23ClN2O2S/c1-14(18-4-3-11-25-18)21(2)19(23)13-22-9-10-24-17(12-22)15-5-7-16(20)8-6-15/h3-8,11,14,17H,9-10,12-13H2,1-2H3/t14-,17-/m0/s1. The summed E-state index contributed by atoms with van der Waals surface area (Å²) in [7, 11) is 1.88. The second-order valence-corrected chi connectivity index (χ2v) is 7.76. The highest BCUT2D eigenvalue weighted by Crippen LogP contribution is 2.25. The van der Waals surface area contributed by atoms with Crippen LogP contribution in [0.3, 0.4) is 0 Å². The molecular weight excluding hydrogens is 356 g/mol. The molecule has 3 rings (SSSR count). The van der Waals surface area contributed by atoms with Crippen LogP contribution in [-0.2, 0) is 9.53 Å². The maximum Gasteiger partial charge on any atom is 0.237 e. The van der Waals surface area contributed by atoms with Gasteiger partial charge in [0.1, 0.15) is 0 Å². The van der Waals surface area contributed by atoms with Crippen molar-refractivity contribution in [1.82, 2.24) is 9.80 Å². The van der Waals surface area contributed by atoms with Gasteiger partial charge < -0.3 is 9.64 Å². The molecule has 1 saturated heterocycles. The lowest BCUT2D eigenvalue weighted by Gasteiger charge is -2.34. The molecule has 4 nitrogen and oxygen atoms in total. The zero-order valence-corrected chi connectivity index (χ0v) is 16.1. The number of rotatable bonds is 5. The fourth-order valence-electron chi connectivity index (χ4n) is 2.96. The summed E-state index contributed by atoms with van der Waals surface area (Å²) in [6.45, 7) is 4.61. The van der Waals surface area contributed by atoms with Crippen LogP contribution in [0.4, 0.5) is 0 Å². The van der Waals surface area contributed by atoms with E-state index in [1.165, 1.54) is 4.88 Å². The Morgan fingerprint density at radius 2 is 2.16 bits per heavy atom. The number of hydrogen-bond donors (Lipinski definition) is 0. The first-order valence-corrected chi connectivity index (χ1v) is 9.69. The van der Waals surface area contributed by atoms with E-state index in [-0.39, 0.29) is 18.1 Å². The Morgan fingerprint density at radius 3 is 2.84 bits per heavy atom. The fraction of sp³-hybridized carbons (Fsp3) is 0.421. The van der Waals surface area contributed by atoms with Crippen LogP contribution >= 0.6 is 22.9 Å². The van der Waals surface area contributed by atoms with E-state index in [1.807, 2.05) is 47.7 Å². The topological polar surface area (TPSA) is 32.8 Å². The molecule has 2 atom stereocenters. The van der Waals surface area contributed by atoms with Crippen LogP contribution in [0.1, 0.15) is 29.5 Å². The first kappa shape index (κ1) is 18.4. The highest BCUT2D eigenvalue weighted by molar-refractivity contribution is 7.10. The normalized spacial score (nSPS) is 19.6. The van der Waals surface area contributed by atoms with Crippen LogP contribution in [0.15, 0.2) is 41.8 Å². The molecule has 0 aliphatic carbocycles. The van der Waals surface area contributed by atoms with E-state index >= 15 is 0 Å². The predicted octanol–water partition coefficient (Wildman–Crippen LogP) is 3.99. The minimum Gasteiger partial charge on any atom is -0.371 e. The van der Waals surface area contributed by atoms with E-state index in [4.69, 9.17) is 16.3 Å². The average Bonchev–Trinajstić information content (AvgIpc) is 3.16. The average molecular weight is 379 g/mol. The predicted molar refractivity (Wildman–Crippen MR) is 102 cm³/mol. The Labute approximate surface area is 158 Å². The summed E-state index contributed by atoms with van der Waals surface area (Å²) >= 11 is 7.64. The molecule has 1 aliphatic rings. The molecule has 0 bridgehead atoms. The van der Waals surface area contributed by atoms with Crippen molar-refractivity contribution in [3.8, 4) is 0 Å². The maximum absolute atomic E-state index is 12.7. The fourth-order valence-corrected chi connectivity index (χ4v) is 3.92. The number of halogens is 1. The summed E-state index contributed by atoms with van der Waals surface area (Å²) in [5.74, 6) is 0.137. The van der Waals surface area contributed by atoms with Crippen molar-refractivity contribution in [2.75, 3.05) is 33.3 Å². The van der Waals surface area contributed by atoms with Crippen LogP contribution in [-0.4, -0.2) is 49.0 Å². The van der Waals surface area contributed by atoms with Gasteiger partial charge in [-0.2, -0.15) is 0 Å². The van der Waals surface area contributed by atoms with Crippen molar-refractivity contribution in [3.63, 3.8) is 0 Å². The van der Waals surface area contributed by atoms with Crippen molar-refractivity contribution >= 4 is 28.8 Å². The molecule has 25 heavy (non-hydrogen) atoms. The van der Waals surface area contributed by atoms with Gasteiger partial charge in [-0.1, -0.05) is 29.8 Å². The van der Waals surface area contributed by atoms with Crippen LogP contribution in [0.25, 0.3) is 0 Å². The van der Waals surface area contributed by atoms with Crippen molar-refractivity contribution in [3.05, 3.63) is 57.2 Å². The van der Waals surface area contributed by atoms with Crippen LogP contribution in [0, 0.1) is 0 Å². The number of carbonyl (C=O) groups excluding carboxylic acids is 1. The SMILES string of the molecule is C[C@@H](c1cccs1)N(C)C(=O)CN1CCO[C@H](c2ccc(Cl)cc2)C1. The molecule has 0 radical (unpaired) electrons. The molecule has 0 spiro atoms. The van der Waals surface area contributed by atoms with Crippen LogP contribution < -0.4 is 0 Å². The number of nitrogens with zero attached hydrogens (tertiary/aromatic N) is 2. The summed E-state index contributed by atoms with van der Waals surface area (Å²) in [5.41, 5.74) is 1.10. The number of thiophene rings is 1. The summed E-state index contributed by atoms with van der Waals surface area (Å²) in [6.07, 6.45) is -0.0150. The molecule has 0 saturated carbocycles. The lowest BCUT2D eigenvalue weighted by molar-refractivity contribution is -0.135. The first-order chi connectivity index (χ1) is 12.0. The van der Waals surface area contributed by atoms with Gasteiger partial charge in [0, 0.05) is 30.0 Å². The molecule has 0 N–H and O–H groups in total. The summed E-state index contributed by atoms with van der Waals surface area (Å²) < 4.78 is 5.87. The van der Waals surface area contributed by atoms with E-state index in [9.17, 15) is 4.79 Å². The highest BCUT2D eigenvalue weighted by Gasteiger charge is 2.26. The van der Waals surface area contributed by atoms with Gasteiger partial charge in [-0.3, -0.25) is 9.69 Å². The van der Waals surface area contributed by atoms with Gasteiger partial charge in [0.25, 0.3) is 0 Å². The minimum atomic E-state index is -0.0150. The summed E-state index contributed by atoms with van der Waals surface area (Å²) in [6, 6.07) is 11.9. The Morgan fingerprint density at radius 1 is 1.40 bits per heavy atom. The minimum absolute atomic E-state index is 0.0150. The molecule has 6 heteroatoms. The third-order valence-electron chi connectivity index (χ3n) is 4.68. The van der Waals surface area contributed by atoms with Crippen LogP contribution in [0.5, 0.6) is 0 Å². The Hall–Kier alpha value is -1.40. The molecule has 0 unspecified atom stereocenters. The van der Waals surface area contributed by atoms with Crippen molar-refractivity contribution in [2.45, 2.75) is 19.1 Å². The number of benzene rings is 1. The molecule has 1 aromatic carbocycles. The third-order valence-corrected chi connectivity index (χ3v) is 5.98. The van der Waals surface area contributed by atoms with Gasteiger partial charge in [-0.25, -0.2) is 0 Å². The molecule has 1 aliphatic heterocycles. The number of hydrogen-bond acceptors (Lipinski definition) is 4. The van der Waals surface area contributed by atoms with Crippen molar-refractivity contribution in [2.24, 2.45) is 0 Å². The van der Waals surface area contributed by atoms with Gasteiger partial charge in [0.15, 0.2) is 0 Å². The largest absolute Gasteiger partial charge is 0.371 e. The molecule has 1 fully saturated rings. The molecule has 2 heterocycles. The van der Waals surface area contributed by atoms with Gasteiger partial charge in [-0.05, 0) is 36.1 Å². The molecular formula is C19H23ClN2O2S. The number of morpholine rings is 1. The Bertz CT molecular complexity index is 690. The number of carbonyl (C=O) groups is 1. The quantitative estimate of drug-likeness (QED) is 0.788. The summed E-state index contributed by atoms with van der Waals surface area (Å²) in [4.78, 5) is 17.9. The highest BCUT2D eigenvalue weighted by atomic mass is 35.5. The molecule has 1 aromatic heterocycles. The lowest BCUT2D eigenvalue weighted by Crippen LogP contribution is -2.45. The number of ether oxygens (including phenoxy) is 1. The zero-order valence-electron chi connectivity index (χ0n) is 14.5. The smallest absolute Gasteiger partial charge is 0.237 e. The Balaban J connectivity index is 1.58. The van der Waals surface area contributed by atoms with E-state index in [0.29, 0.717) is 19.7 Å². The van der Waals surface area contributed by atoms with Gasteiger partial charge >= 0.3 is 0 Å². The van der Waals surface area contributed by atoms with Crippen molar-refractivity contribution in [1.29, 1.82) is 0 Å². The van der Waals surface area contributed by atoms with Crippen molar-refractivity contribution < 1.29 is 9.53 Å². The van der Waals surface area contributed by atoms with E-state index < -0.39 is 0 Å². The third kappa shape index (κ3) is 4.61. The van der Waals surface area contributed by atoms with Gasteiger partial charge in [-0.15, -0.1) is 11.3 Å². The van der Waals surface area contributed by atoms with Gasteiger partial charge in [0.05, 0.1) is 25.3 Å². The van der Waals surface area contributed by atoms with E-state index in [1.54, 1.807) is 11.3 Å². The number of likely N-dealkylation sites (N-methyl/N-ethyl adjacent to an activating group) is 1. The van der Waals surface area contributed by atoms with E-state index in [0.717, 1.165) is 17.1 Å². The molecule has 134 valence electrons. The monoisotopic (exact) mass is 378 g/mol.